The number of anilines is 2. The third kappa shape index (κ3) is 2.57. The average Bonchev–Trinajstić information content (AvgIpc) is 3.09. The molecule has 2 N–H and O–H groups in total. The number of carbonyl (C=O) groups excluding carboxylic acids is 2. The number of amides is 2. The number of benzene rings is 1. The molecular weight excluding hydrogens is 344 g/mol. The van der Waals surface area contributed by atoms with Crippen molar-refractivity contribution in [3.8, 4) is 0 Å². The van der Waals surface area contributed by atoms with Crippen LogP contribution in [-0.4, -0.2) is 27.3 Å². The molecular formula is C16H14N4O2S2. The normalized spacial score (nSPS) is 13.7. The fourth-order valence-electron chi connectivity index (χ4n) is 2.67. The van der Waals surface area contributed by atoms with Crippen LogP contribution in [0.4, 0.5) is 11.4 Å². The van der Waals surface area contributed by atoms with Crippen LogP contribution in [0, 0.1) is 6.92 Å². The van der Waals surface area contributed by atoms with Crippen LogP contribution >= 0.6 is 23.1 Å². The summed E-state index contributed by atoms with van der Waals surface area (Å²) in [5.74, 6) is 0.238. The van der Waals surface area contributed by atoms with Gasteiger partial charge in [0.1, 0.15) is 4.83 Å². The fraction of sp³-hybridized carbons (Fsp3) is 0.188. The number of thiophene rings is 1. The van der Waals surface area contributed by atoms with Gasteiger partial charge in [0.15, 0.2) is 0 Å². The van der Waals surface area contributed by atoms with Gasteiger partial charge in [0.25, 0.3) is 5.91 Å². The van der Waals surface area contributed by atoms with Crippen molar-refractivity contribution in [3.05, 3.63) is 34.8 Å². The van der Waals surface area contributed by atoms with Crippen LogP contribution in [0.1, 0.15) is 15.4 Å². The highest BCUT2D eigenvalue weighted by atomic mass is 32.2. The number of thioether (sulfide) groups is 1. The quantitative estimate of drug-likeness (QED) is 0.737. The summed E-state index contributed by atoms with van der Waals surface area (Å²) < 4.78 is 1.79. The molecule has 0 fully saturated rings. The minimum atomic E-state index is -0.162. The average molecular weight is 358 g/mol. The number of fused-ring (bicyclic) bond motifs is 2. The lowest BCUT2D eigenvalue weighted by Crippen LogP contribution is -2.19. The van der Waals surface area contributed by atoms with Gasteiger partial charge in [-0.25, -0.2) is 0 Å². The van der Waals surface area contributed by atoms with E-state index in [1.165, 1.54) is 23.1 Å². The van der Waals surface area contributed by atoms with E-state index in [0.29, 0.717) is 16.3 Å². The Kier molecular flexibility index (Phi) is 3.58. The van der Waals surface area contributed by atoms with E-state index in [0.717, 1.165) is 26.5 Å². The minimum Gasteiger partial charge on any atom is -0.324 e. The van der Waals surface area contributed by atoms with Crippen LogP contribution < -0.4 is 10.6 Å². The van der Waals surface area contributed by atoms with E-state index < -0.39 is 0 Å². The molecule has 0 spiro atoms. The van der Waals surface area contributed by atoms with E-state index in [2.05, 4.69) is 15.7 Å². The maximum absolute atomic E-state index is 12.5. The highest BCUT2D eigenvalue weighted by molar-refractivity contribution is 8.00. The molecule has 2 amide bonds. The Bertz CT molecular complexity index is 955. The molecule has 0 saturated carbocycles. The molecule has 122 valence electrons. The molecule has 0 atom stereocenters. The lowest BCUT2D eigenvalue weighted by molar-refractivity contribution is -0.113. The monoisotopic (exact) mass is 358 g/mol. The summed E-state index contributed by atoms with van der Waals surface area (Å²) in [5, 5.41) is 11.1. The maximum Gasteiger partial charge on any atom is 0.265 e. The van der Waals surface area contributed by atoms with E-state index in [4.69, 9.17) is 0 Å². The van der Waals surface area contributed by atoms with Crippen molar-refractivity contribution in [2.24, 2.45) is 7.05 Å². The number of aromatic nitrogens is 2. The number of carbonyl (C=O) groups is 2. The third-order valence-corrected chi connectivity index (χ3v) is 6.06. The van der Waals surface area contributed by atoms with Gasteiger partial charge in [-0.2, -0.15) is 5.10 Å². The molecule has 24 heavy (non-hydrogen) atoms. The summed E-state index contributed by atoms with van der Waals surface area (Å²) >= 11 is 2.91. The third-order valence-electron chi connectivity index (χ3n) is 3.79. The number of hydrogen-bond donors (Lipinski definition) is 2. The van der Waals surface area contributed by atoms with Crippen LogP contribution in [0.2, 0.25) is 0 Å². The Morgan fingerprint density at radius 3 is 3.00 bits per heavy atom. The lowest BCUT2D eigenvalue weighted by Gasteiger charge is -2.17. The van der Waals surface area contributed by atoms with Crippen LogP contribution in [0.15, 0.2) is 29.2 Å². The number of hydrogen-bond acceptors (Lipinski definition) is 5. The van der Waals surface area contributed by atoms with Gasteiger partial charge in [-0.15, -0.1) is 23.1 Å². The van der Waals surface area contributed by atoms with Crippen molar-refractivity contribution in [1.82, 2.24) is 9.78 Å². The molecule has 3 heterocycles. The largest absolute Gasteiger partial charge is 0.324 e. The van der Waals surface area contributed by atoms with Crippen LogP contribution in [-0.2, 0) is 11.8 Å². The Balaban J connectivity index is 1.60. The van der Waals surface area contributed by atoms with Gasteiger partial charge < -0.3 is 10.6 Å². The second-order valence-electron chi connectivity index (χ2n) is 5.54. The predicted molar refractivity (Wildman–Crippen MR) is 97.1 cm³/mol. The number of aryl methyl sites for hydroxylation is 2. The molecule has 8 heteroatoms. The highest BCUT2D eigenvalue weighted by Gasteiger charge is 2.18. The zero-order valence-corrected chi connectivity index (χ0v) is 14.7. The van der Waals surface area contributed by atoms with Crippen molar-refractivity contribution in [3.63, 3.8) is 0 Å². The summed E-state index contributed by atoms with van der Waals surface area (Å²) in [6.07, 6.45) is 0. The standard InChI is InChI=1S/C16H14N4O2S2/c1-8-10-6-13(24-16(10)20(2)19-8)15(22)17-9-3-4-12-11(5-9)18-14(21)7-23-12/h3-6H,7H2,1-2H3,(H,17,22)(H,18,21). The van der Waals surface area contributed by atoms with Crippen molar-refractivity contribution in [2.45, 2.75) is 11.8 Å². The zero-order chi connectivity index (χ0) is 16.8. The minimum absolute atomic E-state index is 0.0246. The van der Waals surface area contributed by atoms with Crippen LogP contribution in [0.25, 0.3) is 10.2 Å². The molecule has 0 radical (unpaired) electrons. The molecule has 1 aliphatic heterocycles. The second-order valence-corrected chi connectivity index (χ2v) is 7.59. The van der Waals surface area contributed by atoms with Gasteiger partial charge in [0, 0.05) is 23.0 Å². The van der Waals surface area contributed by atoms with E-state index in [1.54, 1.807) is 10.7 Å². The Morgan fingerprint density at radius 2 is 2.21 bits per heavy atom. The van der Waals surface area contributed by atoms with Crippen molar-refractivity contribution in [1.29, 1.82) is 0 Å². The zero-order valence-electron chi connectivity index (χ0n) is 13.0. The first-order valence-electron chi connectivity index (χ1n) is 7.32. The first-order chi connectivity index (χ1) is 11.5. The van der Waals surface area contributed by atoms with Gasteiger partial charge in [0.2, 0.25) is 5.91 Å². The first kappa shape index (κ1) is 15.2. The SMILES string of the molecule is Cc1nn(C)c2sc(C(=O)Nc3ccc4c(c3)NC(=O)CS4)cc12. The summed E-state index contributed by atoms with van der Waals surface area (Å²) in [6, 6.07) is 7.42. The molecule has 3 aromatic rings. The van der Waals surface area contributed by atoms with Gasteiger partial charge in [-0.1, -0.05) is 0 Å². The van der Waals surface area contributed by atoms with Crippen molar-refractivity contribution in [2.75, 3.05) is 16.4 Å². The molecule has 0 unspecified atom stereocenters. The molecule has 0 aliphatic carbocycles. The van der Waals surface area contributed by atoms with Gasteiger partial charge in [0.05, 0.1) is 22.0 Å². The van der Waals surface area contributed by atoms with Gasteiger partial charge in [-0.3, -0.25) is 14.3 Å². The smallest absolute Gasteiger partial charge is 0.265 e. The molecule has 2 aromatic heterocycles. The summed E-state index contributed by atoms with van der Waals surface area (Å²) in [7, 11) is 1.87. The lowest BCUT2D eigenvalue weighted by atomic mass is 10.2. The Labute approximate surface area is 146 Å². The van der Waals surface area contributed by atoms with Gasteiger partial charge in [-0.05, 0) is 31.2 Å². The van der Waals surface area contributed by atoms with E-state index in [9.17, 15) is 9.59 Å². The van der Waals surface area contributed by atoms with E-state index >= 15 is 0 Å². The van der Waals surface area contributed by atoms with E-state index in [1.807, 2.05) is 32.2 Å². The summed E-state index contributed by atoms with van der Waals surface area (Å²) in [4.78, 5) is 26.6. The van der Waals surface area contributed by atoms with Gasteiger partial charge >= 0.3 is 0 Å². The fourth-order valence-corrected chi connectivity index (χ4v) is 4.48. The first-order valence-corrected chi connectivity index (χ1v) is 9.12. The van der Waals surface area contributed by atoms with Crippen LogP contribution in [0.3, 0.4) is 0 Å². The van der Waals surface area contributed by atoms with Crippen molar-refractivity contribution < 1.29 is 9.59 Å². The van der Waals surface area contributed by atoms with Crippen molar-refractivity contribution >= 4 is 56.5 Å². The Morgan fingerprint density at radius 1 is 1.38 bits per heavy atom. The predicted octanol–water partition coefficient (Wildman–Crippen LogP) is 3.24. The van der Waals surface area contributed by atoms with E-state index in [-0.39, 0.29) is 11.8 Å². The number of nitrogens with one attached hydrogen (secondary N) is 2. The second kappa shape index (κ2) is 5.64. The highest BCUT2D eigenvalue weighted by Crippen LogP contribution is 2.34. The molecule has 6 nitrogen and oxygen atoms in total. The summed E-state index contributed by atoms with van der Waals surface area (Å²) in [6.45, 7) is 1.93. The molecule has 0 saturated heterocycles. The molecule has 1 aliphatic rings. The number of nitrogens with zero attached hydrogens (tertiary/aromatic N) is 2. The Hall–Kier alpha value is -2.32. The molecule has 1 aromatic carbocycles. The summed E-state index contributed by atoms with van der Waals surface area (Å²) in [5.41, 5.74) is 2.32. The maximum atomic E-state index is 12.5. The number of rotatable bonds is 2. The van der Waals surface area contributed by atoms with Crippen LogP contribution in [0.5, 0.6) is 0 Å². The molecule has 0 bridgehead atoms. The topological polar surface area (TPSA) is 76.0 Å². The molecule has 4 rings (SSSR count).